The minimum atomic E-state index is 0.255. The van der Waals surface area contributed by atoms with E-state index in [1.807, 2.05) is 6.08 Å². The monoisotopic (exact) mass is 715 g/mol. The third-order valence-electron chi connectivity index (χ3n) is 11.9. The molecular weight excluding hydrogens is 679 g/mol. The van der Waals surface area contributed by atoms with Crippen molar-refractivity contribution in [3.8, 4) is 44.6 Å². The number of nitrogens with zero attached hydrogens (tertiary/aromatic N) is 1. The summed E-state index contributed by atoms with van der Waals surface area (Å²) in [5, 5.41) is 17.2. The van der Waals surface area contributed by atoms with Crippen LogP contribution in [0.25, 0.3) is 89.2 Å². The van der Waals surface area contributed by atoms with Gasteiger partial charge in [0.15, 0.2) is 0 Å². The topological polar surface area (TPSA) is 48.8 Å². The highest BCUT2D eigenvalue weighted by molar-refractivity contribution is 6.10. The SMILES string of the molecule is N=C/C=C\c1cc2c(c(-c3ccc4c(ccc5cc(-c6cccc(-c7nc8ccccc8c8c7-c7ccccc7C7C=CC=CC87)c6)ccc54)c3)c1)C=CCN2. The molecule has 3 aliphatic rings. The number of para-hydroxylation sites is 1. The Kier molecular flexibility index (Phi) is 7.53. The van der Waals surface area contributed by atoms with E-state index in [1.165, 1.54) is 83.2 Å². The number of pyridine rings is 1. The first kappa shape index (κ1) is 32.3. The Morgan fingerprint density at radius 2 is 1.38 bits per heavy atom. The zero-order chi connectivity index (χ0) is 37.2. The highest BCUT2D eigenvalue weighted by Crippen LogP contribution is 2.54. The van der Waals surface area contributed by atoms with Gasteiger partial charge in [-0.3, -0.25) is 0 Å². The van der Waals surface area contributed by atoms with Gasteiger partial charge in [-0.05, 0) is 109 Å². The highest BCUT2D eigenvalue weighted by Gasteiger charge is 2.35. The van der Waals surface area contributed by atoms with Crippen LogP contribution in [0.2, 0.25) is 0 Å². The Bertz CT molecular complexity index is 3070. The summed E-state index contributed by atoms with van der Waals surface area (Å²) in [7, 11) is 0. The minimum Gasteiger partial charge on any atom is -0.381 e. The summed E-state index contributed by atoms with van der Waals surface area (Å²) < 4.78 is 0. The van der Waals surface area contributed by atoms with Crippen LogP contribution in [0.3, 0.4) is 0 Å². The van der Waals surface area contributed by atoms with Gasteiger partial charge in [0.05, 0.1) is 11.2 Å². The number of hydrogen-bond donors (Lipinski definition) is 2. The van der Waals surface area contributed by atoms with Crippen molar-refractivity contribution in [2.24, 2.45) is 0 Å². The van der Waals surface area contributed by atoms with Gasteiger partial charge in [-0.25, -0.2) is 4.98 Å². The van der Waals surface area contributed by atoms with Crippen molar-refractivity contribution in [3.63, 3.8) is 0 Å². The molecular formula is C53H37N3. The molecule has 0 bridgehead atoms. The van der Waals surface area contributed by atoms with Crippen molar-refractivity contribution in [3.05, 3.63) is 192 Å². The predicted octanol–water partition coefficient (Wildman–Crippen LogP) is 13.6. The smallest absolute Gasteiger partial charge is 0.0791 e. The van der Waals surface area contributed by atoms with E-state index in [9.17, 15) is 0 Å². The van der Waals surface area contributed by atoms with Crippen LogP contribution in [0, 0.1) is 5.41 Å². The summed E-state index contributed by atoms with van der Waals surface area (Å²) in [4.78, 5) is 5.42. The molecule has 3 heteroatoms. The van der Waals surface area contributed by atoms with Crippen LogP contribution in [-0.2, 0) is 0 Å². The molecule has 1 aromatic heterocycles. The molecule has 2 N–H and O–H groups in total. The van der Waals surface area contributed by atoms with Gasteiger partial charge < -0.3 is 10.7 Å². The van der Waals surface area contributed by atoms with Crippen molar-refractivity contribution in [1.82, 2.24) is 4.98 Å². The lowest BCUT2D eigenvalue weighted by atomic mass is 9.68. The highest BCUT2D eigenvalue weighted by atomic mass is 14.9. The molecule has 7 aromatic carbocycles. The molecule has 3 nitrogen and oxygen atoms in total. The lowest BCUT2D eigenvalue weighted by Crippen LogP contribution is -2.18. The van der Waals surface area contributed by atoms with Crippen molar-refractivity contribution in [2.45, 2.75) is 11.8 Å². The van der Waals surface area contributed by atoms with E-state index in [0.717, 1.165) is 34.6 Å². The van der Waals surface area contributed by atoms with Gasteiger partial charge in [-0.2, -0.15) is 0 Å². The second-order valence-corrected chi connectivity index (χ2v) is 15.0. The summed E-state index contributed by atoms with van der Waals surface area (Å²) in [6.07, 6.45) is 18.6. The molecule has 2 atom stereocenters. The van der Waals surface area contributed by atoms with Gasteiger partial charge in [0.1, 0.15) is 0 Å². The zero-order valence-corrected chi connectivity index (χ0v) is 30.7. The molecule has 56 heavy (non-hydrogen) atoms. The maximum atomic E-state index is 7.48. The maximum absolute atomic E-state index is 7.48. The fourth-order valence-electron chi connectivity index (χ4n) is 9.37. The van der Waals surface area contributed by atoms with E-state index < -0.39 is 0 Å². The van der Waals surface area contributed by atoms with Crippen molar-refractivity contribution in [1.29, 1.82) is 5.41 Å². The number of hydrogen-bond acceptors (Lipinski definition) is 3. The van der Waals surface area contributed by atoms with Gasteiger partial charge in [0, 0.05) is 52.4 Å². The first-order valence-electron chi connectivity index (χ1n) is 19.4. The van der Waals surface area contributed by atoms with E-state index in [4.69, 9.17) is 10.4 Å². The van der Waals surface area contributed by atoms with Crippen molar-refractivity contribution >= 4 is 56.5 Å². The van der Waals surface area contributed by atoms with E-state index in [0.29, 0.717) is 5.92 Å². The summed E-state index contributed by atoms with van der Waals surface area (Å²) in [5.41, 5.74) is 16.6. The standard InChI is InChI=1S/C53H37N3/c54-26-8-10-33-28-48(44-18-9-27-55-50(44)29-33)38-23-25-41-37(32-38)21-20-36-30-35(22-24-40(36)41)34-11-7-12-39(31-34)53-52-46-16-4-2-14-43(46)42-13-1-3-15-45(42)51(52)47-17-5-6-19-49(47)56-53/h1-26,28-32,42,45,54-55H,27H2/b10-8-,54-26?. The van der Waals surface area contributed by atoms with Crippen molar-refractivity contribution < 1.29 is 0 Å². The largest absolute Gasteiger partial charge is 0.381 e. The van der Waals surface area contributed by atoms with E-state index in [2.05, 4.69) is 175 Å². The fourth-order valence-corrected chi connectivity index (χ4v) is 9.37. The van der Waals surface area contributed by atoms with Gasteiger partial charge in [0.2, 0.25) is 0 Å². The minimum absolute atomic E-state index is 0.255. The van der Waals surface area contributed by atoms with Gasteiger partial charge in [-0.15, -0.1) is 0 Å². The Labute approximate surface area is 326 Å². The van der Waals surface area contributed by atoms with E-state index >= 15 is 0 Å². The Morgan fingerprint density at radius 1 is 0.625 bits per heavy atom. The second-order valence-electron chi connectivity index (χ2n) is 15.0. The summed E-state index contributed by atoms with van der Waals surface area (Å²) in [6.45, 7) is 0.813. The first-order chi connectivity index (χ1) is 27.7. The predicted molar refractivity (Wildman–Crippen MR) is 238 cm³/mol. The van der Waals surface area contributed by atoms with Crippen LogP contribution >= 0.6 is 0 Å². The van der Waals surface area contributed by atoms with Crippen LogP contribution in [0.15, 0.2) is 170 Å². The number of allylic oxidation sites excluding steroid dienone is 5. The number of rotatable bonds is 5. The first-order valence-corrected chi connectivity index (χ1v) is 19.4. The fraction of sp³-hybridized carbons (Fsp3) is 0.0566. The Morgan fingerprint density at radius 3 is 2.25 bits per heavy atom. The van der Waals surface area contributed by atoms with Gasteiger partial charge in [0.25, 0.3) is 0 Å². The quantitative estimate of drug-likeness (QED) is 0.138. The van der Waals surface area contributed by atoms with Crippen molar-refractivity contribution in [2.75, 3.05) is 11.9 Å². The summed E-state index contributed by atoms with van der Waals surface area (Å²) in [6, 6.07) is 49.1. The lowest BCUT2D eigenvalue weighted by molar-refractivity contribution is 0.725. The molecule has 0 radical (unpaired) electrons. The van der Waals surface area contributed by atoms with Crippen LogP contribution in [0.1, 0.15) is 34.1 Å². The Hall–Kier alpha value is -7.10. The third-order valence-corrected chi connectivity index (χ3v) is 11.9. The van der Waals surface area contributed by atoms with Crippen LogP contribution in [0.4, 0.5) is 5.69 Å². The van der Waals surface area contributed by atoms with Crippen LogP contribution < -0.4 is 5.32 Å². The molecule has 264 valence electrons. The average Bonchev–Trinajstić information content (AvgIpc) is 3.27. The van der Waals surface area contributed by atoms with Gasteiger partial charge in [-0.1, -0.05) is 140 Å². The van der Waals surface area contributed by atoms with Gasteiger partial charge >= 0.3 is 0 Å². The number of benzene rings is 7. The number of nitrogens with one attached hydrogen (secondary N) is 2. The normalized spacial score (nSPS) is 16.4. The van der Waals surface area contributed by atoms with E-state index in [-0.39, 0.29) is 5.92 Å². The Balaban J connectivity index is 1.01. The molecule has 0 spiro atoms. The third kappa shape index (κ3) is 5.20. The molecule has 2 aliphatic carbocycles. The number of aromatic nitrogens is 1. The summed E-state index contributed by atoms with van der Waals surface area (Å²) >= 11 is 0. The molecule has 1 aliphatic heterocycles. The second kappa shape index (κ2) is 13.0. The molecule has 0 amide bonds. The number of fused-ring (bicyclic) bond motifs is 12. The van der Waals surface area contributed by atoms with Crippen LogP contribution in [0.5, 0.6) is 0 Å². The maximum Gasteiger partial charge on any atom is 0.0791 e. The average molecular weight is 716 g/mol. The molecule has 0 saturated carbocycles. The van der Waals surface area contributed by atoms with Crippen LogP contribution in [-0.4, -0.2) is 17.7 Å². The number of anilines is 1. The molecule has 8 aromatic rings. The van der Waals surface area contributed by atoms with E-state index in [1.54, 1.807) is 6.08 Å². The molecule has 0 saturated heterocycles. The zero-order valence-electron chi connectivity index (χ0n) is 30.7. The molecule has 0 fully saturated rings. The molecule has 11 rings (SSSR count). The molecule has 2 heterocycles. The summed E-state index contributed by atoms with van der Waals surface area (Å²) in [5.74, 6) is 0.561. The molecule has 2 unspecified atom stereocenters. The lowest BCUT2D eigenvalue weighted by Gasteiger charge is -2.35.